The summed E-state index contributed by atoms with van der Waals surface area (Å²) in [5, 5.41) is 3.92. The minimum atomic E-state index is -0.153. The number of carbonyl (C=O) groups excluding carboxylic acids is 2. The fourth-order valence-electron chi connectivity index (χ4n) is 4.00. The van der Waals surface area contributed by atoms with Gasteiger partial charge in [-0.3, -0.25) is 9.59 Å². The van der Waals surface area contributed by atoms with Gasteiger partial charge in [-0.15, -0.1) is 0 Å². The van der Waals surface area contributed by atoms with Crippen molar-refractivity contribution in [3.8, 4) is 5.75 Å². The van der Waals surface area contributed by atoms with Crippen LogP contribution >= 0.6 is 0 Å². The van der Waals surface area contributed by atoms with E-state index in [4.69, 9.17) is 4.74 Å². The molecule has 6 heteroatoms. The van der Waals surface area contributed by atoms with Crippen molar-refractivity contribution in [1.29, 1.82) is 0 Å². The summed E-state index contributed by atoms with van der Waals surface area (Å²) in [5.41, 5.74) is 1.16. The second-order valence-corrected chi connectivity index (χ2v) is 7.30. The van der Waals surface area contributed by atoms with E-state index in [1.54, 1.807) is 0 Å². The molecule has 1 unspecified atom stereocenters. The van der Waals surface area contributed by atoms with Gasteiger partial charge in [0.25, 0.3) is 0 Å². The molecule has 0 radical (unpaired) electrons. The number of rotatable bonds is 3. The van der Waals surface area contributed by atoms with E-state index in [-0.39, 0.29) is 23.8 Å². The van der Waals surface area contributed by atoms with Crippen LogP contribution in [0.4, 0.5) is 0 Å². The molecule has 1 atom stereocenters. The van der Waals surface area contributed by atoms with Gasteiger partial charge in [0.05, 0.1) is 5.52 Å². The molecule has 2 amide bonds. The zero-order valence-electron chi connectivity index (χ0n) is 15.1. The number of aryl methyl sites for hydroxylation is 1. The van der Waals surface area contributed by atoms with Crippen LogP contribution in [0.2, 0.25) is 0 Å². The van der Waals surface area contributed by atoms with Gasteiger partial charge in [0.2, 0.25) is 11.8 Å². The Morgan fingerprint density at radius 1 is 1.19 bits per heavy atom. The summed E-state index contributed by atoms with van der Waals surface area (Å²) < 4.78 is 8.34. The van der Waals surface area contributed by atoms with E-state index in [0.29, 0.717) is 26.1 Å². The molecule has 0 saturated carbocycles. The Balaban J connectivity index is 1.36. The highest BCUT2D eigenvalue weighted by molar-refractivity contribution is 5.87. The highest BCUT2D eigenvalue weighted by Gasteiger charge is 2.32. The molecule has 2 fully saturated rings. The number of hydrogen-bond donors (Lipinski definition) is 1. The molecule has 0 aliphatic carbocycles. The minimum Gasteiger partial charge on any atom is -0.490 e. The third-order valence-corrected chi connectivity index (χ3v) is 5.53. The Labute approximate surface area is 153 Å². The summed E-state index contributed by atoms with van der Waals surface area (Å²) in [4.78, 5) is 26.1. The molecule has 1 N–H and O–H groups in total. The number of hydrogen-bond acceptors (Lipinski definition) is 3. The summed E-state index contributed by atoms with van der Waals surface area (Å²) in [6.45, 7) is 2.01. The van der Waals surface area contributed by atoms with E-state index in [2.05, 4.69) is 22.0 Å². The molecule has 4 rings (SSSR count). The number of nitrogens with one attached hydrogen (secondary N) is 1. The highest BCUT2D eigenvalue weighted by Crippen LogP contribution is 2.29. The molecule has 1 aromatic heterocycles. The molecule has 26 heavy (non-hydrogen) atoms. The number of amides is 2. The molecule has 2 saturated heterocycles. The summed E-state index contributed by atoms with van der Waals surface area (Å²) in [7, 11) is 2.03. The van der Waals surface area contributed by atoms with Crippen LogP contribution in [0.1, 0.15) is 25.7 Å². The zero-order chi connectivity index (χ0) is 18.1. The third-order valence-electron chi connectivity index (χ3n) is 5.53. The molecule has 0 spiro atoms. The monoisotopic (exact) mass is 355 g/mol. The molecule has 138 valence electrons. The summed E-state index contributed by atoms with van der Waals surface area (Å²) >= 11 is 0. The smallest absolute Gasteiger partial charge is 0.226 e. The number of ether oxygens (including phenoxy) is 1. The molecule has 1 aromatic carbocycles. The standard InChI is InChI=1S/C20H25N3O3/c1-22-10-8-16-17(22)3-2-4-18(16)26-15-6-11-23(12-7-15)20(25)14-5-9-21-19(24)13-14/h2-4,8,10,14-15H,5-7,9,11-13H2,1H3,(H,21,24). The first-order valence-electron chi connectivity index (χ1n) is 9.38. The molecule has 2 aliphatic heterocycles. The Hall–Kier alpha value is -2.50. The second kappa shape index (κ2) is 7.02. The van der Waals surface area contributed by atoms with Gasteiger partial charge in [0.15, 0.2) is 0 Å². The molecular weight excluding hydrogens is 330 g/mol. The normalized spacial score (nSPS) is 21.7. The molecule has 0 bridgehead atoms. The van der Waals surface area contributed by atoms with E-state index in [9.17, 15) is 9.59 Å². The first-order chi connectivity index (χ1) is 12.6. The van der Waals surface area contributed by atoms with Gasteiger partial charge in [-0.25, -0.2) is 0 Å². The van der Waals surface area contributed by atoms with Crippen molar-refractivity contribution in [3.63, 3.8) is 0 Å². The SMILES string of the molecule is Cn1ccc2c(OC3CCN(C(=O)C4CCNC(=O)C4)CC3)cccc21. The van der Waals surface area contributed by atoms with Crippen molar-refractivity contribution in [2.45, 2.75) is 31.8 Å². The van der Waals surface area contributed by atoms with Crippen LogP contribution in [0.3, 0.4) is 0 Å². The number of aromatic nitrogens is 1. The lowest BCUT2D eigenvalue weighted by Gasteiger charge is -2.35. The largest absolute Gasteiger partial charge is 0.490 e. The van der Waals surface area contributed by atoms with Crippen molar-refractivity contribution in [1.82, 2.24) is 14.8 Å². The molecule has 6 nitrogen and oxygen atoms in total. The number of fused-ring (bicyclic) bond motifs is 1. The van der Waals surface area contributed by atoms with Gasteiger partial charge in [0.1, 0.15) is 11.9 Å². The van der Waals surface area contributed by atoms with Gasteiger partial charge >= 0.3 is 0 Å². The first kappa shape index (κ1) is 16.9. The van der Waals surface area contributed by atoms with Crippen LogP contribution in [0.25, 0.3) is 10.9 Å². The Kier molecular flexibility index (Phi) is 4.57. The van der Waals surface area contributed by atoms with Crippen LogP contribution in [0.5, 0.6) is 5.75 Å². The Morgan fingerprint density at radius 3 is 2.77 bits per heavy atom. The maximum atomic E-state index is 12.6. The van der Waals surface area contributed by atoms with E-state index >= 15 is 0 Å². The number of benzene rings is 1. The predicted molar refractivity (Wildman–Crippen MR) is 98.9 cm³/mol. The summed E-state index contributed by atoms with van der Waals surface area (Å²) in [6, 6.07) is 8.20. The van der Waals surface area contributed by atoms with Crippen LogP contribution < -0.4 is 10.1 Å². The Bertz CT molecular complexity index is 821. The van der Waals surface area contributed by atoms with Gasteiger partial charge in [-0.05, 0) is 24.6 Å². The van der Waals surface area contributed by atoms with Crippen molar-refractivity contribution in [2.75, 3.05) is 19.6 Å². The number of likely N-dealkylation sites (tertiary alicyclic amines) is 1. The molecule has 2 aromatic rings. The third kappa shape index (κ3) is 3.28. The van der Waals surface area contributed by atoms with Gasteiger partial charge in [0, 0.05) is 63.4 Å². The molecular formula is C20H25N3O3. The number of nitrogens with zero attached hydrogens (tertiary/aromatic N) is 2. The van der Waals surface area contributed by atoms with Crippen molar-refractivity contribution in [2.24, 2.45) is 13.0 Å². The van der Waals surface area contributed by atoms with E-state index in [1.165, 1.54) is 0 Å². The average Bonchev–Trinajstić information content (AvgIpc) is 3.04. The molecule has 3 heterocycles. The average molecular weight is 355 g/mol. The number of piperidine rings is 2. The van der Waals surface area contributed by atoms with Crippen LogP contribution in [0, 0.1) is 5.92 Å². The van der Waals surface area contributed by atoms with Crippen molar-refractivity contribution >= 4 is 22.7 Å². The van der Waals surface area contributed by atoms with Crippen molar-refractivity contribution < 1.29 is 14.3 Å². The van der Waals surface area contributed by atoms with Gasteiger partial charge < -0.3 is 19.5 Å². The summed E-state index contributed by atoms with van der Waals surface area (Å²) in [5.74, 6) is 0.878. The molecule has 2 aliphatic rings. The van der Waals surface area contributed by atoms with Crippen LogP contribution in [-0.4, -0.2) is 47.0 Å². The van der Waals surface area contributed by atoms with Crippen LogP contribution in [0.15, 0.2) is 30.5 Å². The fourth-order valence-corrected chi connectivity index (χ4v) is 4.00. The van der Waals surface area contributed by atoms with Gasteiger partial charge in [-0.1, -0.05) is 6.07 Å². The Morgan fingerprint density at radius 2 is 2.00 bits per heavy atom. The zero-order valence-corrected chi connectivity index (χ0v) is 15.1. The van der Waals surface area contributed by atoms with E-state index in [0.717, 1.165) is 35.9 Å². The lowest BCUT2D eigenvalue weighted by Crippen LogP contribution is -2.47. The lowest BCUT2D eigenvalue weighted by molar-refractivity contribution is -0.141. The maximum absolute atomic E-state index is 12.6. The highest BCUT2D eigenvalue weighted by atomic mass is 16.5. The van der Waals surface area contributed by atoms with Gasteiger partial charge in [-0.2, -0.15) is 0 Å². The van der Waals surface area contributed by atoms with Crippen molar-refractivity contribution in [3.05, 3.63) is 30.5 Å². The summed E-state index contributed by atoms with van der Waals surface area (Å²) in [6.07, 6.45) is 4.89. The number of carbonyl (C=O) groups is 2. The first-order valence-corrected chi connectivity index (χ1v) is 9.38. The topological polar surface area (TPSA) is 63.6 Å². The minimum absolute atomic E-state index is 0.0104. The van der Waals surface area contributed by atoms with Crippen LogP contribution in [-0.2, 0) is 16.6 Å². The fraction of sp³-hybridized carbons (Fsp3) is 0.500. The van der Waals surface area contributed by atoms with E-state index < -0.39 is 0 Å². The second-order valence-electron chi connectivity index (χ2n) is 7.30. The van der Waals surface area contributed by atoms with E-state index in [1.807, 2.05) is 30.3 Å². The lowest BCUT2D eigenvalue weighted by atomic mass is 9.94. The predicted octanol–water partition coefficient (Wildman–Crippen LogP) is 2.07. The maximum Gasteiger partial charge on any atom is 0.226 e. The quantitative estimate of drug-likeness (QED) is 0.917.